The van der Waals surface area contributed by atoms with E-state index in [1.807, 2.05) is 0 Å². The average Bonchev–Trinajstić information content (AvgIpc) is 3.17. The van der Waals surface area contributed by atoms with E-state index >= 15 is 0 Å². The largest absolute Gasteiger partial charge is 0.478 e. The molecular weight excluding hydrogens is 300 g/mol. The fraction of sp³-hybridized carbons (Fsp3) is 0.900. The highest BCUT2D eigenvalue weighted by Gasteiger charge is 2.50. The topological polar surface area (TPSA) is 43.2 Å². The minimum Gasteiger partial charge on any atom is -0.478 e. The maximum absolute atomic E-state index is 6.16. The Hall–Kier alpha value is -1.06. The number of aliphatic imine (C=N–C) groups is 2. The van der Waals surface area contributed by atoms with Crippen molar-refractivity contribution >= 4 is 11.8 Å². The summed E-state index contributed by atoms with van der Waals surface area (Å²) in [6.07, 6.45) is 5.79. The first-order chi connectivity index (χ1) is 11.1. The monoisotopic (exact) mass is 334 g/mol. The summed E-state index contributed by atoms with van der Waals surface area (Å²) in [6, 6.07) is 0.457. The van der Waals surface area contributed by atoms with Crippen LogP contribution < -0.4 is 0 Å². The quantitative estimate of drug-likeness (QED) is 0.739. The highest BCUT2D eigenvalue weighted by Crippen LogP contribution is 2.44. The lowest BCUT2D eigenvalue weighted by Crippen LogP contribution is -2.41. The third kappa shape index (κ3) is 3.21. The predicted octanol–water partition coefficient (Wildman–Crippen LogP) is 4.62. The number of ether oxygens (including phenoxy) is 2. The fourth-order valence-corrected chi connectivity index (χ4v) is 3.83. The molecule has 0 amide bonds. The van der Waals surface area contributed by atoms with Crippen molar-refractivity contribution in [2.24, 2.45) is 26.2 Å². The third-order valence-corrected chi connectivity index (χ3v) is 5.83. The molecule has 0 saturated heterocycles. The van der Waals surface area contributed by atoms with E-state index < -0.39 is 0 Å². The summed E-state index contributed by atoms with van der Waals surface area (Å²) in [7, 11) is 0. The lowest BCUT2D eigenvalue weighted by Gasteiger charge is -2.35. The van der Waals surface area contributed by atoms with Crippen LogP contribution in [-0.2, 0) is 9.47 Å². The lowest BCUT2D eigenvalue weighted by molar-refractivity contribution is 0.193. The van der Waals surface area contributed by atoms with Crippen molar-refractivity contribution in [3.63, 3.8) is 0 Å². The molecule has 1 aliphatic carbocycles. The van der Waals surface area contributed by atoms with Crippen LogP contribution in [0.5, 0.6) is 0 Å². The van der Waals surface area contributed by atoms with Crippen molar-refractivity contribution in [3.05, 3.63) is 0 Å². The van der Waals surface area contributed by atoms with E-state index in [0.717, 1.165) is 24.6 Å². The summed E-state index contributed by atoms with van der Waals surface area (Å²) in [5.41, 5.74) is 0.0477. The van der Waals surface area contributed by atoms with Gasteiger partial charge in [0.2, 0.25) is 0 Å². The molecule has 4 heteroatoms. The van der Waals surface area contributed by atoms with Crippen LogP contribution in [0.1, 0.15) is 73.6 Å². The molecule has 0 unspecified atom stereocenters. The maximum Gasteiger partial charge on any atom is 0.199 e. The molecular formula is C20H34N2O2. The van der Waals surface area contributed by atoms with Crippen LogP contribution in [0, 0.1) is 16.2 Å². The normalized spacial score (nSPS) is 30.4. The van der Waals surface area contributed by atoms with Crippen molar-refractivity contribution in [1.82, 2.24) is 0 Å². The van der Waals surface area contributed by atoms with Gasteiger partial charge in [0.05, 0.1) is 12.1 Å². The van der Waals surface area contributed by atoms with Gasteiger partial charge in [-0.3, -0.25) is 0 Å². The molecule has 1 fully saturated rings. The Kier molecular flexibility index (Phi) is 4.46. The Labute approximate surface area is 147 Å². The van der Waals surface area contributed by atoms with Gasteiger partial charge in [-0.05, 0) is 23.7 Å². The summed E-state index contributed by atoms with van der Waals surface area (Å²) < 4.78 is 12.3. The van der Waals surface area contributed by atoms with Gasteiger partial charge in [-0.25, -0.2) is 9.98 Å². The van der Waals surface area contributed by atoms with Gasteiger partial charge in [0.15, 0.2) is 11.8 Å². The number of hydrogen-bond acceptors (Lipinski definition) is 4. The van der Waals surface area contributed by atoms with E-state index in [4.69, 9.17) is 19.5 Å². The second kappa shape index (κ2) is 6.03. The van der Waals surface area contributed by atoms with Gasteiger partial charge < -0.3 is 9.47 Å². The number of rotatable bonds is 2. The SMILES string of the molecule is CC(C)(C)[C@H]1COC(C2(C3=N[C@@H](C(C)(C)C)CO3)CCCCC2)=N1. The van der Waals surface area contributed by atoms with Crippen molar-refractivity contribution in [3.8, 4) is 0 Å². The van der Waals surface area contributed by atoms with Crippen LogP contribution in [0.2, 0.25) is 0 Å². The Bertz CT molecular complexity index is 489. The van der Waals surface area contributed by atoms with E-state index in [9.17, 15) is 0 Å². The number of nitrogens with zero attached hydrogens (tertiary/aromatic N) is 2. The molecule has 0 spiro atoms. The molecule has 4 nitrogen and oxygen atoms in total. The van der Waals surface area contributed by atoms with Crippen LogP contribution in [0.4, 0.5) is 0 Å². The molecule has 0 N–H and O–H groups in total. The van der Waals surface area contributed by atoms with Crippen LogP contribution in [0.3, 0.4) is 0 Å². The van der Waals surface area contributed by atoms with Gasteiger partial charge in [-0.1, -0.05) is 60.8 Å². The Morgan fingerprint density at radius 2 is 1.17 bits per heavy atom. The summed E-state index contributed by atoms with van der Waals surface area (Å²) in [6.45, 7) is 14.8. The molecule has 0 aromatic carbocycles. The van der Waals surface area contributed by atoms with Crippen molar-refractivity contribution in [2.45, 2.75) is 85.7 Å². The van der Waals surface area contributed by atoms with Crippen LogP contribution >= 0.6 is 0 Å². The Morgan fingerprint density at radius 1 is 0.750 bits per heavy atom. The van der Waals surface area contributed by atoms with Gasteiger partial charge in [-0.15, -0.1) is 0 Å². The first-order valence-electron chi connectivity index (χ1n) is 9.55. The third-order valence-electron chi connectivity index (χ3n) is 5.83. The molecule has 0 aromatic heterocycles. The average molecular weight is 335 g/mol. The van der Waals surface area contributed by atoms with Gasteiger partial charge in [0.25, 0.3) is 0 Å². The molecule has 0 aromatic rings. The fourth-order valence-electron chi connectivity index (χ4n) is 3.83. The van der Waals surface area contributed by atoms with E-state index in [-0.39, 0.29) is 28.3 Å². The van der Waals surface area contributed by atoms with Crippen LogP contribution in [-0.4, -0.2) is 37.1 Å². The zero-order valence-corrected chi connectivity index (χ0v) is 16.3. The zero-order chi connectivity index (χ0) is 17.6. The second-order valence-corrected chi connectivity index (χ2v) is 9.90. The summed E-state index contributed by atoms with van der Waals surface area (Å²) in [4.78, 5) is 10.0. The first-order valence-corrected chi connectivity index (χ1v) is 9.55. The molecule has 0 bridgehead atoms. The molecule has 2 atom stereocenters. The summed E-state index contributed by atoms with van der Waals surface area (Å²) in [5.74, 6) is 1.80. The highest BCUT2D eigenvalue weighted by molar-refractivity contribution is 6.06. The maximum atomic E-state index is 6.16. The van der Waals surface area contributed by atoms with E-state index in [2.05, 4.69) is 41.5 Å². The lowest BCUT2D eigenvalue weighted by atomic mass is 9.73. The smallest absolute Gasteiger partial charge is 0.199 e. The molecule has 0 radical (unpaired) electrons. The first kappa shape index (κ1) is 17.8. The number of hydrogen-bond donors (Lipinski definition) is 0. The second-order valence-electron chi connectivity index (χ2n) is 9.90. The van der Waals surface area contributed by atoms with Crippen LogP contribution in [0.15, 0.2) is 9.98 Å². The molecule has 3 rings (SSSR count). The van der Waals surface area contributed by atoms with Crippen LogP contribution in [0.25, 0.3) is 0 Å². The Morgan fingerprint density at radius 3 is 1.50 bits per heavy atom. The molecule has 2 heterocycles. The minimum absolute atomic E-state index is 0.129. The molecule has 3 aliphatic rings. The van der Waals surface area contributed by atoms with Gasteiger partial charge in [0, 0.05) is 0 Å². The Balaban J connectivity index is 1.93. The van der Waals surface area contributed by atoms with E-state index in [1.165, 1.54) is 19.3 Å². The van der Waals surface area contributed by atoms with Crippen molar-refractivity contribution in [2.75, 3.05) is 13.2 Å². The summed E-state index contributed by atoms with van der Waals surface area (Å²) >= 11 is 0. The molecule has 1 saturated carbocycles. The highest BCUT2D eigenvalue weighted by atomic mass is 16.5. The van der Waals surface area contributed by atoms with E-state index in [1.54, 1.807) is 0 Å². The zero-order valence-electron chi connectivity index (χ0n) is 16.3. The summed E-state index contributed by atoms with van der Waals surface area (Å²) in [5, 5.41) is 0. The molecule has 2 aliphatic heterocycles. The van der Waals surface area contributed by atoms with Crippen molar-refractivity contribution < 1.29 is 9.47 Å². The molecule has 24 heavy (non-hydrogen) atoms. The van der Waals surface area contributed by atoms with E-state index in [0.29, 0.717) is 13.2 Å². The van der Waals surface area contributed by atoms with Gasteiger partial charge in [-0.2, -0.15) is 0 Å². The van der Waals surface area contributed by atoms with Crippen molar-refractivity contribution in [1.29, 1.82) is 0 Å². The van der Waals surface area contributed by atoms with Gasteiger partial charge >= 0.3 is 0 Å². The predicted molar refractivity (Wildman–Crippen MR) is 98.8 cm³/mol. The van der Waals surface area contributed by atoms with Gasteiger partial charge in [0.1, 0.15) is 18.6 Å². The minimum atomic E-state index is -0.210. The molecule has 136 valence electrons. The standard InChI is InChI=1S/C20H34N2O2/c1-18(2,3)14-12-23-16(21-14)20(10-8-7-9-11-20)17-22-15(13-24-17)19(4,5)6/h14-15H,7-13H2,1-6H3/t14-,15-/m1/s1.